The molecule has 1 aromatic rings. The molecule has 1 rings (SSSR count). The van der Waals surface area contributed by atoms with Crippen LogP contribution >= 0.6 is 11.9 Å². The fourth-order valence-electron chi connectivity index (χ4n) is 1.50. The first-order valence-corrected chi connectivity index (χ1v) is 6.68. The fraction of sp³-hybridized carbons (Fsp3) is 0.308. The first-order valence-electron chi connectivity index (χ1n) is 5.91. The molecule has 0 aliphatic rings. The maximum atomic E-state index is 11.0. The van der Waals surface area contributed by atoms with E-state index in [1.807, 2.05) is 14.1 Å². The molecule has 0 N–H and O–H groups in total. The number of hydrogen-bond acceptors (Lipinski definition) is 6. The highest BCUT2D eigenvalue weighted by Gasteiger charge is 2.15. The summed E-state index contributed by atoms with van der Waals surface area (Å²) < 4.78 is 6.97. The van der Waals surface area contributed by atoms with Crippen LogP contribution in [0.4, 0.5) is 5.69 Å². The number of nitro benzene ring substituents is 1. The quantitative estimate of drug-likeness (QED) is 0.253. The van der Waals surface area contributed by atoms with Gasteiger partial charge in [-0.2, -0.15) is 0 Å². The highest BCUT2D eigenvalue weighted by atomic mass is 32.2. The maximum Gasteiger partial charge on any atom is 0.311 e. The Balaban J connectivity index is 3.13. The number of hydrogen-bond donors (Lipinski definition) is 0. The molecular formula is C13H16N2O4S. The average molecular weight is 296 g/mol. The van der Waals surface area contributed by atoms with Crippen molar-refractivity contribution < 1.29 is 14.5 Å². The van der Waals surface area contributed by atoms with E-state index in [2.05, 4.69) is 0 Å². The van der Waals surface area contributed by atoms with Crippen LogP contribution in [0.25, 0.3) is 6.08 Å². The van der Waals surface area contributed by atoms with Crippen LogP contribution in [0.2, 0.25) is 0 Å². The fourth-order valence-corrected chi connectivity index (χ4v) is 2.15. The van der Waals surface area contributed by atoms with Gasteiger partial charge in [-0.3, -0.25) is 19.2 Å². The second kappa shape index (κ2) is 7.66. The molecule has 0 unspecified atom stereocenters. The molecule has 0 saturated carbocycles. The summed E-state index contributed by atoms with van der Waals surface area (Å²) in [6.45, 7) is 2.11. The van der Waals surface area contributed by atoms with Gasteiger partial charge in [0.1, 0.15) is 0 Å². The van der Waals surface area contributed by atoms with Crippen molar-refractivity contribution in [3.8, 4) is 5.75 Å². The lowest BCUT2D eigenvalue weighted by Gasteiger charge is -2.08. The number of carbonyl (C=O) groups excluding carboxylic acids is 1. The predicted octanol–water partition coefficient (Wildman–Crippen LogP) is 2.74. The van der Waals surface area contributed by atoms with E-state index in [-0.39, 0.29) is 11.4 Å². The van der Waals surface area contributed by atoms with Gasteiger partial charge >= 0.3 is 5.69 Å². The third kappa shape index (κ3) is 4.67. The van der Waals surface area contributed by atoms with E-state index in [0.29, 0.717) is 23.4 Å². The largest absolute Gasteiger partial charge is 0.487 e. The second-order valence-electron chi connectivity index (χ2n) is 3.99. The highest BCUT2D eigenvalue weighted by Crippen LogP contribution is 2.29. The van der Waals surface area contributed by atoms with E-state index >= 15 is 0 Å². The number of benzene rings is 1. The SMILES string of the molecule is CCOc1ccc(/C=C(/C=O)SN(C)C)cc1[N+](=O)[O-]. The molecule has 0 fully saturated rings. The molecule has 0 saturated heterocycles. The average Bonchev–Trinajstić information content (AvgIpc) is 2.39. The first-order chi connectivity index (χ1) is 9.47. The topological polar surface area (TPSA) is 72.7 Å². The third-order valence-electron chi connectivity index (χ3n) is 2.19. The molecule has 0 heterocycles. The van der Waals surface area contributed by atoms with Crippen molar-refractivity contribution in [2.45, 2.75) is 6.92 Å². The summed E-state index contributed by atoms with van der Waals surface area (Å²) in [5, 5.41) is 11.0. The molecule has 108 valence electrons. The van der Waals surface area contributed by atoms with Crippen LogP contribution in [0.5, 0.6) is 5.75 Å². The normalized spacial score (nSPS) is 11.5. The van der Waals surface area contributed by atoms with Gasteiger partial charge in [-0.15, -0.1) is 0 Å². The van der Waals surface area contributed by atoms with Gasteiger partial charge in [0.15, 0.2) is 12.0 Å². The van der Waals surface area contributed by atoms with Gasteiger partial charge in [-0.25, -0.2) is 0 Å². The van der Waals surface area contributed by atoms with Crippen molar-refractivity contribution >= 4 is 30.0 Å². The van der Waals surface area contributed by atoms with Crippen LogP contribution in [0.3, 0.4) is 0 Å². The van der Waals surface area contributed by atoms with Gasteiger partial charge < -0.3 is 4.74 Å². The van der Waals surface area contributed by atoms with Crippen LogP contribution in [0.1, 0.15) is 12.5 Å². The minimum absolute atomic E-state index is 0.110. The Morgan fingerprint density at radius 1 is 1.50 bits per heavy atom. The molecule has 0 amide bonds. The molecule has 0 aliphatic heterocycles. The number of aldehydes is 1. The Kier molecular flexibility index (Phi) is 6.20. The predicted molar refractivity (Wildman–Crippen MR) is 79.6 cm³/mol. The van der Waals surface area contributed by atoms with Crippen molar-refractivity contribution in [1.29, 1.82) is 0 Å². The molecule has 1 aromatic carbocycles. The summed E-state index contributed by atoms with van der Waals surface area (Å²) in [5.41, 5.74) is 0.470. The second-order valence-corrected chi connectivity index (χ2v) is 5.37. The number of allylic oxidation sites excluding steroid dienone is 1. The molecule has 0 radical (unpaired) electrons. The lowest BCUT2D eigenvalue weighted by atomic mass is 10.1. The smallest absolute Gasteiger partial charge is 0.311 e. The molecule has 0 atom stereocenters. The Bertz CT molecular complexity index is 529. The van der Waals surface area contributed by atoms with Crippen LogP contribution in [0.15, 0.2) is 23.1 Å². The Morgan fingerprint density at radius 3 is 2.70 bits per heavy atom. The number of ether oxygens (including phenoxy) is 1. The Hall–Kier alpha value is -1.86. The molecular weight excluding hydrogens is 280 g/mol. The summed E-state index contributed by atoms with van der Waals surface area (Å²) >= 11 is 1.25. The van der Waals surface area contributed by atoms with E-state index in [1.165, 1.54) is 24.1 Å². The summed E-state index contributed by atoms with van der Waals surface area (Å²) in [7, 11) is 3.62. The Morgan fingerprint density at radius 2 is 2.20 bits per heavy atom. The number of carbonyl (C=O) groups is 1. The van der Waals surface area contributed by atoms with Gasteiger partial charge in [0.05, 0.1) is 16.4 Å². The van der Waals surface area contributed by atoms with Crippen LogP contribution < -0.4 is 4.74 Å². The summed E-state index contributed by atoms with van der Waals surface area (Å²) in [4.78, 5) is 21.9. The summed E-state index contributed by atoms with van der Waals surface area (Å²) in [5.74, 6) is 0.225. The molecule has 7 heteroatoms. The van der Waals surface area contributed by atoms with E-state index in [9.17, 15) is 14.9 Å². The van der Waals surface area contributed by atoms with Crippen LogP contribution in [-0.4, -0.2) is 36.2 Å². The lowest BCUT2D eigenvalue weighted by molar-refractivity contribution is -0.385. The molecule has 20 heavy (non-hydrogen) atoms. The van der Waals surface area contributed by atoms with Crippen LogP contribution in [0, 0.1) is 10.1 Å². The monoisotopic (exact) mass is 296 g/mol. The van der Waals surface area contributed by atoms with Gasteiger partial charge in [-0.05, 0) is 50.7 Å². The van der Waals surface area contributed by atoms with E-state index in [4.69, 9.17) is 4.74 Å². The Labute approximate surface area is 121 Å². The van der Waals surface area contributed by atoms with Gasteiger partial charge in [-0.1, -0.05) is 6.07 Å². The van der Waals surface area contributed by atoms with Crippen molar-refractivity contribution in [2.24, 2.45) is 0 Å². The van der Waals surface area contributed by atoms with Crippen LogP contribution in [-0.2, 0) is 4.79 Å². The zero-order valence-corrected chi connectivity index (χ0v) is 12.3. The van der Waals surface area contributed by atoms with Crippen molar-refractivity contribution in [1.82, 2.24) is 4.31 Å². The summed E-state index contributed by atoms with van der Waals surface area (Å²) in [6, 6.07) is 4.61. The number of rotatable bonds is 7. The van der Waals surface area contributed by atoms with E-state index in [0.717, 1.165) is 0 Å². The maximum absolute atomic E-state index is 11.0. The molecule has 0 bridgehead atoms. The first kappa shape index (κ1) is 16.2. The van der Waals surface area contributed by atoms with Gasteiger partial charge in [0.25, 0.3) is 0 Å². The third-order valence-corrected chi connectivity index (χ3v) is 2.98. The molecule has 0 aromatic heterocycles. The molecule has 0 aliphatic carbocycles. The number of nitro groups is 1. The zero-order chi connectivity index (χ0) is 15.1. The van der Waals surface area contributed by atoms with E-state index < -0.39 is 4.92 Å². The highest BCUT2D eigenvalue weighted by molar-refractivity contribution is 8.01. The summed E-state index contributed by atoms with van der Waals surface area (Å²) in [6.07, 6.45) is 2.31. The van der Waals surface area contributed by atoms with Gasteiger partial charge in [0.2, 0.25) is 0 Å². The van der Waals surface area contributed by atoms with Crippen molar-refractivity contribution in [2.75, 3.05) is 20.7 Å². The lowest BCUT2D eigenvalue weighted by Crippen LogP contribution is -2.00. The minimum atomic E-state index is -0.498. The number of nitrogens with zero attached hydrogens (tertiary/aromatic N) is 2. The minimum Gasteiger partial charge on any atom is -0.487 e. The van der Waals surface area contributed by atoms with Gasteiger partial charge in [0, 0.05) is 6.07 Å². The molecule has 6 nitrogen and oxygen atoms in total. The molecule has 0 spiro atoms. The zero-order valence-electron chi connectivity index (χ0n) is 11.5. The van der Waals surface area contributed by atoms with Crippen molar-refractivity contribution in [3.63, 3.8) is 0 Å². The van der Waals surface area contributed by atoms with E-state index in [1.54, 1.807) is 23.4 Å². The van der Waals surface area contributed by atoms with Crippen molar-refractivity contribution in [3.05, 3.63) is 38.8 Å². The standard InChI is InChI=1S/C13H16N2O4S/c1-4-19-13-6-5-10(8-12(13)15(17)18)7-11(9-16)20-14(2)3/h5-9H,4H2,1-3H3/b11-7-.